The number of aromatic nitrogens is 2. The highest BCUT2D eigenvalue weighted by molar-refractivity contribution is 5.67. The van der Waals surface area contributed by atoms with Crippen LogP contribution in [0.5, 0.6) is 5.75 Å². The van der Waals surface area contributed by atoms with Crippen molar-refractivity contribution in [3.05, 3.63) is 53.1 Å². The molecule has 7 heteroatoms. The Labute approximate surface area is 187 Å². The van der Waals surface area contributed by atoms with Crippen molar-refractivity contribution in [1.29, 1.82) is 5.26 Å². The molecule has 1 aliphatic carbocycles. The second kappa shape index (κ2) is 8.38. The third-order valence-electron chi connectivity index (χ3n) is 6.27. The summed E-state index contributed by atoms with van der Waals surface area (Å²) in [4.78, 5) is 7.14. The molecule has 0 N–H and O–H groups in total. The molecule has 5 rings (SSSR count). The first kappa shape index (κ1) is 20.7. The summed E-state index contributed by atoms with van der Waals surface area (Å²) in [5, 5.41) is 13.8. The Morgan fingerprint density at radius 1 is 1.22 bits per heavy atom. The molecule has 2 aromatic carbocycles. The standard InChI is InChI=1S/C25H26N4O3/c1-15(2)31-23-10-7-16(11-17(23)12-26)25-27-24(28-32-25)21-6-4-5-20-19(21)8-9-22(20)29-13-18(14-29)30-3/h4-7,10-11,15,18,22H,8-9,13-14H2,1-3H3/t22-/m0/s1. The maximum atomic E-state index is 9.51. The van der Waals surface area contributed by atoms with E-state index in [1.165, 1.54) is 11.1 Å². The third kappa shape index (κ3) is 3.66. The molecule has 0 bridgehead atoms. The van der Waals surface area contributed by atoms with Gasteiger partial charge in [-0.05, 0) is 56.0 Å². The summed E-state index contributed by atoms with van der Waals surface area (Å²) in [6.45, 7) is 5.82. The van der Waals surface area contributed by atoms with E-state index in [-0.39, 0.29) is 6.10 Å². The second-order valence-corrected chi connectivity index (χ2v) is 8.65. The highest BCUT2D eigenvalue weighted by Gasteiger charge is 2.37. The van der Waals surface area contributed by atoms with Crippen molar-refractivity contribution < 1.29 is 14.0 Å². The van der Waals surface area contributed by atoms with Gasteiger partial charge >= 0.3 is 0 Å². The molecule has 3 aromatic rings. The summed E-state index contributed by atoms with van der Waals surface area (Å²) in [6, 6.07) is 14.3. The Kier molecular flexibility index (Phi) is 5.41. The van der Waals surface area contributed by atoms with Crippen molar-refractivity contribution in [2.24, 2.45) is 0 Å². The Morgan fingerprint density at radius 2 is 2.06 bits per heavy atom. The van der Waals surface area contributed by atoms with E-state index >= 15 is 0 Å². The fraction of sp³-hybridized carbons (Fsp3) is 0.400. The van der Waals surface area contributed by atoms with Gasteiger partial charge in [-0.2, -0.15) is 10.2 Å². The summed E-state index contributed by atoms with van der Waals surface area (Å²) in [5.41, 5.74) is 4.81. The number of benzene rings is 2. The molecule has 1 atom stereocenters. The monoisotopic (exact) mass is 430 g/mol. The van der Waals surface area contributed by atoms with Crippen molar-refractivity contribution in [3.8, 4) is 34.7 Å². The maximum absolute atomic E-state index is 9.51. The fourth-order valence-corrected chi connectivity index (χ4v) is 4.65. The molecule has 0 radical (unpaired) electrons. The zero-order valence-corrected chi connectivity index (χ0v) is 18.5. The van der Waals surface area contributed by atoms with Crippen molar-refractivity contribution >= 4 is 0 Å². The number of methoxy groups -OCH3 is 1. The molecule has 164 valence electrons. The van der Waals surface area contributed by atoms with Gasteiger partial charge in [0.1, 0.15) is 11.8 Å². The van der Waals surface area contributed by atoms with E-state index in [9.17, 15) is 5.26 Å². The van der Waals surface area contributed by atoms with Gasteiger partial charge in [-0.3, -0.25) is 4.90 Å². The Hall–Kier alpha value is -3.21. The normalized spacial score (nSPS) is 18.4. The SMILES string of the molecule is COC1CN([C@H]2CCc3c(-c4noc(-c5ccc(OC(C)C)c(C#N)c5)n4)cccc32)C1. The lowest BCUT2D eigenvalue weighted by molar-refractivity contribution is -0.0510. The molecule has 0 spiro atoms. The fourth-order valence-electron chi connectivity index (χ4n) is 4.65. The van der Waals surface area contributed by atoms with E-state index in [1.807, 2.05) is 19.9 Å². The van der Waals surface area contributed by atoms with Crippen LogP contribution in [0, 0.1) is 11.3 Å². The maximum Gasteiger partial charge on any atom is 0.258 e. The number of hydrogen-bond donors (Lipinski definition) is 0. The molecule has 0 saturated carbocycles. The average molecular weight is 431 g/mol. The van der Waals surface area contributed by atoms with Gasteiger partial charge in [0.05, 0.1) is 17.8 Å². The van der Waals surface area contributed by atoms with Crippen LogP contribution in [0.4, 0.5) is 0 Å². The summed E-state index contributed by atoms with van der Waals surface area (Å²) in [6.07, 6.45) is 2.42. The van der Waals surface area contributed by atoms with Crippen molar-refractivity contribution in [2.75, 3.05) is 20.2 Å². The minimum Gasteiger partial charge on any atom is -0.490 e. The minimum atomic E-state index is -0.0106. The number of nitriles is 1. The van der Waals surface area contributed by atoms with Gasteiger partial charge in [0.25, 0.3) is 5.89 Å². The van der Waals surface area contributed by atoms with Crippen molar-refractivity contribution in [1.82, 2.24) is 15.0 Å². The van der Waals surface area contributed by atoms with Crippen molar-refractivity contribution in [3.63, 3.8) is 0 Å². The molecule has 0 amide bonds. The summed E-state index contributed by atoms with van der Waals surface area (Å²) >= 11 is 0. The summed E-state index contributed by atoms with van der Waals surface area (Å²) < 4.78 is 16.7. The van der Waals surface area contributed by atoms with Gasteiger partial charge in [0.2, 0.25) is 5.82 Å². The smallest absolute Gasteiger partial charge is 0.258 e. The first-order valence-corrected chi connectivity index (χ1v) is 11.0. The number of rotatable bonds is 6. The molecule has 1 saturated heterocycles. The minimum absolute atomic E-state index is 0.0106. The molecule has 1 fully saturated rings. The molecule has 1 aliphatic heterocycles. The molecular formula is C25H26N4O3. The predicted molar refractivity (Wildman–Crippen MR) is 119 cm³/mol. The zero-order valence-electron chi connectivity index (χ0n) is 18.5. The number of fused-ring (bicyclic) bond motifs is 1. The van der Waals surface area contributed by atoms with Crippen LogP contribution in [-0.2, 0) is 11.2 Å². The van der Waals surface area contributed by atoms with Crippen LogP contribution in [0.3, 0.4) is 0 Å². The Balaban J connectivity index is 1.42. The Morgan fingerprint density at radius 3 is 2.81 bits per heavy atom. The lowest BCUT2D eigenvalue weighted by Gasteiger charge is -2.42. The van der Waals surface area contributed by atoms with Crippen LogP contribution >= 0.6 is 0 Å². The van der Waals surface area contributed by atoms with E-state index < -0.39 is 0 Å². The van der Waals surface area contributed by atoms with E-state index in [4.69, 9.17) is 14.0 Å². The van der Waals surface area contributed by atoms with Gasteiger partial charge < -0.3 is 14.0 Å². The van der Waals surface area contributed by atoms with Crippen LogP contribution in [-0.4, -0.2) is 47.4 Å². The lowest BCUT2D eigenvalue weighted by atomic mass is 9.99. The second-order valence-electron chi connectivity index (χ2n) is 8.65. The number of ether oxygens (including phenoxy) is 2. The first-order valence-electron chi connectivity index (χ1n) is 11.0. The predicted octanol–water partition coefficient (Wildman–Crippen LogP) is 4.38. The van der Waals surface area contributed by atoms with E-state index in [1.54, 1.807) is 19.2 Å². The summed E-state index contributed by atoms with van der Waals surface area (Å²) in [7, 11) is 1.78. The van der Waals surface area contributed by atoms with Crippen molar-refractivity contribution in [2.45, 2.75) is 44.9 Å². The Bertz CT molecular complexity index is 1170. The lowest BCUT2D eigenvalue weighted by Crippen LogP contribution is -2.52. The van der Waals surface area contributed by atoms with Gasteiger partial charge in [-0.25, -0.2) is 0 Å². The topological polar surface area (TPSA) is 84.4 Å². The molecule has 32 heavy (non-hydrogen) atoms. The molecule has 0 unspecified atom stereocenters. The molecule has 7 nitrogen and oxygen atoms in total. The van der Waals surface area contributed by atoms with Gasteiger partial charge in [0, 0.05) is 37.4 Å². The molecule has 1 aromatic heterocycles. The van der Waals surface area contributed by atoms with E-state index in [0.29, 0.717) is 40.7 Å². The zero-order chi connectivity index (χ0) is 22.2. The van der Waals surface area contributed by atoms with Crippen LogP contribution < -0.4 is 4.74 Å². The van der Waals surface area contributed by atoms with E-state index in [2.05, 4.69) is 39.3 Å². The summed E-state index contributed by atoms with van der Waals surface area (Å²) in [5.74, 6) is 1.53. The molecular weight excluding hydrogens is 404 g/mol. The van der Waals surface area contributed by atoms with Gasteiger partial charge in [-0.1, -0.05) is 23.4 Å². The van der Waals surface area contributed by atoms with Crippen LogP contribution in [0.1, 0.15) is 43.0 Å². The first-order chi connectivity index (χ1) is 15.6. The number of likely N-dealkylation sites (tertiary alicyclic amines) is 1. The van der Waals surface area contributed by atoms with Gasteiger partial charge in [0.15, 0.2) is 0 Å². The molecule has 2 heterocycles. The van der Waals surface area contributed by atoms with Crippen LogP contribution in [0.15, 0.2) is 40.9 Å². The van der Waals surface area contributed by atoms with Crippen LogP contribution in [0.25, 0.3) is 22.8 Å². The molecule has 2 aliphatic rings. The van der Waals surface area contributed by atoms with Gasteiger partial charge in [-0.15, -0.1) is 0 Å². The van der Waals surface area contributed by atoms with Crippen LogP contribution in [0.2, 0.25) is 0 Å². The largest absolute Gasteiger partial charge is 0.490 e. The highest BCUT2D eigenvalue weighted by Crippen LogP contribution is 2.42. The average Bonchev–Trinajstić information content (AvgIpc) is 3.41. The third-order valence-corrected chi connectivity index (χ3v) is 6.27. The quantitative estimate of drug-likeness (QED) is 0.574. The van der Waals surface area contributed by atoms with E-state index in [0.717, 1.165) is 31.5 Å². The number of nitrogens with zero attached hydrogens (tertiary/aromatic N) is 4. The highest BCUT2D eigenvalue weighted by atomic mass is 16.5. The number of hydrogen-bond acceptors (Lipinski definition) is 7.